The first-order chi connectivity index (χ1) is 9.93. The molecule has 0 radical (unpaired) electrons. The van der Waals surface area contributed by atoms with Gasteiger partial charge in [0.1, 0.15) is 6.42 Å². The molecule has 0 N–H and O–H groups in total. The van der Waals surface area contributed by atoms with Crippen LogP contribution < -0.4 is 4.90 Å². The van der Waals surface area contributed by atoms with Crippen molar-refractivity contribution in [1.29, 1.82) is 0 Å². The molecule has 1 aromatic rings. The highest BCUT2D eigenvalue weighted by atomic mass is 16.5. The topological polar surface area (TPSA) is 80.8 Å². The minimum Gasteiger partial charge on any atom is -0.466 e. The minimum atomic E-state index is -0.743. The number of hydrogen-bond donors (Lipinski definition) is 0. The van der Waals surface area contributed by atoms with Crippen molar-refractivity contribution >= 4 is 29.1 Å². The highest BCUT2D eigenvalue weighted by Crippen LogP contribution is 2.29. The fourth-order valence-electron chi connectivity index (χ4n) is 2.18. The van der Waals surface area contributed by atoms with Gasteiger partial charge < -0.3 is 4.74 Å². The molecule has 21 heavy (non-hydrogen) atoms. The largest absolute Gasteiger partial charge is 0.466 e. The predicted octanol–water partition coefficient (Wildman–Crippen LogP) is 1.05. The maximum atomic E-state index is 11.9. The second kappa shape index (κ2) is 5.87. The van der Waals surface area contributed by atoms with Gasteiger partial charge in [0.25, 0.3) is 11.7 Å². The Kier molecular flexibility index (Phi) is 4.16. The normalized spacial score (nSPS) is 13.3. The number of benzene rings is 1. The first kappa shape index (κ1) is 14.9. The number of aryl methyl sites for hydroxylation is 1. The van der Waals surface area contributed by atoms with E-state index in [2.05, 4.69) is 4.74 Å². The summed E-state index contributed by atoms with van der Waals surface area (Å²) in [4.78, 5) is 48.0. The Labute approximate surface area is 121 Å². The zero-order valence-electron chi connectivity index (χ0n) is 11.8. The van der Waals surface area contributed by atoms with Gasteiger partial charge in [0.05, 0.1) is 24.4 Å². The summed E-state index contributed by atoms with van der Waals surface area (Å²) in [6.45, 7) is 3.34. The van der Waals surface area contributed by atoms with Crippen LogP contribution in [0, 0.1) is 6.92 Å². The van der Waals surface area contributed by atoms with Crippen LogP contribution in [0.15, 0.2) is 18.2 Å². The van der Waals surface area contributed by atoms with Crippen LogP contribution in [0.2, 0.25) is 0 Å². The first-order valence-corrected chi connectivity index (χ1v) is 6.58. The molecule has 1 amide bonds. The standard InChI is InChI=1S/C15H15NO5/c1-3-21-13(18)7-10(17)8-16-12-5-4-9(2)6-11(12)14(19)15(16)20/h4-6H,3,7-8H2,1-2H3. The molecule has 0 saturated carbocycles. The number of esters is 1. The molecule has 1 aliphatic heterocycles. The number of carbonyl (C=O) groups is 4. The molecule has 1 heterocycles. The van der Waals surface area contributed by atoms with E-state index >= 15 is 0 Å². The van der Waals surface area contributed by atoms with Crippen molar-refractivity contribution in [2.45, 2.75) is 20.3 Å². The summed E-state index contributed by atoms with van der Waals surface area (Å²) in [5.41, 5.74) is 1.56. The molecule has 0 spiro atoms. The van der Waals surface area contributed by atoms with E-state index in [4.69, 9.17) is 0 Å². The number of nitrogens with zero attached hydrogens (tertiary/aromatic N) is 1. The number of amides is 1. The quantitative estimate of drug-likeness (QED) is 0.460. The van der Waals surface area contributed by atoms with E-state index in [1.165, 1.54) is 0 Å². The molecular formula is C15H15NO5. The monoisotopic (exact) mass is 289 g/mol. The SMILES string of the molecule is CCOC(=O)CC(=O)CN1C(=O)C(=O)c2cc(C)ccc21. The molecule has 1 aliphatic rings. The zero-order valence-corrected chi connectivity index (χ0v) is 11.8. The molecule has 0 saturated heterocycles. The van der Waals surface area contributed by atoms with Crippen LogP contribution in [0.5, 0.6) is 0 Å². The van der Waals surface area contributed by atoms with E-state index in [0.717, 1.165) is 10.5 Å². The minimum absolute atomic E-state index is 0.190. The van der Waals surface area contributed by atoms with Crippen molar-refractivity contribution in [1.82, 2.24) is 0 Å². The van der Waals surface area contributed by atoms with Crippen molar-refractivity contribution in [2.75, 3.05) is 18.1 Å². The second-order valence-electron chi connectivity index (χ2n) is 4.76. The fourth-order valence-corrected chi connectivity index (χ4v) is 2.18. The predicted molar refractivity (Wildman–Crippen MR) is 74.1 cm³/mol. The Morgan fingerprint density at radius 2 is 1.95 bits per heavy atom. The van der Waals surface area contributed by atoms with Crippen molar-refractivity contribution in [3.63, 3.8) is 0 Å². The first-order valence-electron chi connectivity index (χ1n) is 6.58. The molecule has 110 valence electrons. The summed E-state index contributed by atoms with van der Waals surface area (Å²) in [6, 6.07) is 5.00. The third kappa shape index (κ3) is 2.99. The maximum absolute atomic E-state index is 11.9. The summed E-state index contributed by atoms with van der Waals surface area (Å²) in [5, 5.41) is 0. The Morgan fingerprint density at radius 3 is 2.62 bits per heavy atom. The number of anilines is 1. The van der Waals surface area contributed by atoms with Gasteiger partial charge >= 0.3 is 5.97 Å². The number of hydrogen-bond acceptors (Lipinski definition) is 5. The highest BCUT2D eigenvalue weighted by molar-refractivity contribution is 6.52. The van der Waals surface area contributed by atoms with E-state index < -0.39 is 29.9 Å². The number of ketones is 2. The summed E-state index contributed by atoms with van der Waals surface area (Å²) in [7, 11) is 0. The Morgan fingerprint density at radius 1 is 1.24 bits per heavy atom. The average molecular weight is 289 g/mol. The Bertz CT molecular complexity index is 635. The number of ether oxygens (including phenoxy) is 1. The lowest BCUT2D eigenvalue weighted by Gasteiger charge is -2.15. The van der Waals surface area contributed by atoms with Crippen LogP contribution in [-0.4, -0.2) is 36.6 Å². The Hall–Kier alpha value is -2.50. The van der Waals surface area contributed by atoms with Crippen LogP contribution in [0.25, 0.3) is 0 Å². The lowest BCUT2D eigenvalue weighted by atomic mass is 10.1. The van der Waals surface area contributed by atoms with Crippen molar-refractivity contribution < 1.29 is 23.9 Å². The van der Waals surface area contributed by atoms with Crippen LogP contribution in [-0.2, 0) is 19.1 Å². The van der Waals surface area contributed by atoms with Crippen molar-refractivity contribution in [3.8, 4) is 0 Å². The molecule has 0 unspecified atom stereocenters. The van der Waals surface area contributed by atoms with E-state index in [9.17, 15) is 19.2 Å². The summed E-state index contributed by atoms with van der Waals surface area (Å²) in [5.74, 6) is -2.47. The third-order valence-corrected chi connectivity index (χ3v) is 3.11. The lowest BCUT2D eigenvalue weighted by molar-refractivity contribution is -0.145. The Balaban J connectivity index is 2.15. The van der Waals surface area contributed by atoms with Crippen LogP contribution in [0.1, 0.15) is 29.3 Å². The summed E-state index contributed by atoms with van der Waals surface area (Å²) >= 11 is 0. The molecule has 0 bridgehead atoms. The van der Waals surface area contributed by atoms with Crippen LogP contribution in [0.4, 0.5) is 5.69 Å². The smallest absolute Gasteiger partial charge is 0.313 e. The van der Waals surface area contributed by atoms with E-state index in [0.29, 0.717) is 11.3 Å². The molecule has 6 heteroatoms. The van der Waals surface area contributed by atoms with Gasteiger partial charge in [0.2, 0.25) is 0 Å². The molecule has 1 aromatic carbocycles. The second-order valence-corrected chi connectivity index (χ2v) is 4.76. The highest BCUT2D eigenvalue weighted by Gasteiger charge is 2.36. The summed E-state index contributed by atoms with van der Waals surface area (Å²) < 4.78 is 4.68. The number of fused-ring (bicyclic) bond motifs is 1. The lowest BCUT2D eigenvalue weighted by Crippen LogP contribution is -2.35. The van der Waals surface area contributed by atoms with Gasteiger partial charge in [-0.3, -0.25) is 24.1 Å². The van der Waals surface area contributed by atoms with Gasteiger partial charge in [-0.15, -0.1) is 0 Å². The number of rotatable bonds is 5. The molecule has 6 nitrogen and oxygen atoms in total. The van der Waals surface area contributed by atoms with Crippen LogP contribution in [0.3, 0.4) is 0 Å². The average Bonchev–Trinajstić information content (AvgIpc) is 2.64. The fraction of sp³-hybridized carbons (Fsp3) is 0.333. The number of carbonyl (C=O) groups excluding carboxylic acids is 4. The molecular weight excluding hydrogens is 274 g/mol. The molecule has 0 atom stereocenters. The van der Waals surface area contributed by atoms with Crippen molar-refractivity contribution in [2.24, 2.45) is 0 Å². The van der Waals surface area contributed by atoms with Gasteiger partial charge in [-0.05, 0) is 26.0 Å². The van der Waals surface area contributed by atoms with E-state index in [1.807, 2.05) is 6.92 Å². The van der Waals surface area contributed by atoms with Crippen LogP contribution >= 0.6 is 0 Å². The van der Waals surface area contributed by atoms with Gasteiger partial charge in [-0.2, -0.15) is 0 Å². The number of Topliss-reactive ketones (excluding diaryl/α,β-unsaturated/α-hetero) is 2. The van der Waals surface area contributed by atoms with Crippen molar-refractivity contribution in [3.05, 3.63) is 29.3 Å². The van der Waals surface area contributed by atoms with E-state index in [-0.39, 0.29) is 13.2 Å². The zero-order chi connectivity index (χ0) is 15.6. The van der Waals surface area contributed by atoms with Gasteiger partial charge in [-0.25, -0.2) is 0 Å². The molecule has 0 aliphatic carbocycles. The van der Waals surface area contributed by atoms with Gasteiger partial charge in [0.15, 0.2) is 5.78 Å². The molecule has 0 fully saturated rings. The third-order valence-electron chi connectivity index (χ3n) is 3.11. The summed E-state index contributed by atoms with van der Waals surface area (Å²) in [6.07, 6.45) is -0.410. The molecule has 2 rings (SSSR count). The molecule has 0 aromatic heterocycles. The van der Waals surface area contributed by atoms with Gasteiger partial charge in [-0.1, -0.05) is 11.6 Å². The van der Waals surface area contributed by atoms with Gasteiger partial charge in [0, 0.05) is 0 Å². The van der Waals surface area contributed by atoms with E-state index in [1.54, 1.807) is 25.1 Å². The maximum Gasteiger partial charge on any atom is 0.313 e.